The second-order valence-electron chi connectivity index (χ2n) is 9.44. The van der Waals surface area contributed by atoms with Crippen LogP contribution < -0.4 is 0 Å². The van der Waals surface area contributed by atoms with Crippen molar-refractivity contribution in [1.82, 2.24) is 19.6 Å². The average Bonchev–Trinajstić information content (AvgIpc) is 3.26. The van der Waals surface area contributed by atoms with Crippen LogP contribution in [-0.4, -0.2) is 70.8 Å². The van der Waals surface area contributed by atoms with Crippen LogP contribution in [0.25, 0.3) is 5.69 Å². The van der Waals surface area contributed by atoms with Gasteiger partial charge < -0.3 is 14.5 Å². The zero-order valence-corrected chi connectivity index (χ0v) is 19.6. The van der Waals surface area contributed by atoms with E-state index in [1.54, 1.807) is 4.90 Å². The maximum absolute atomic E-state index is 13.6. The van der Waals surface area contributed by atoms with E-state index in [1.807, 2.05) is 75.6 Å². The Balaban J connectivity index is 1.93. The fourth-order valence-electron chi connectivity index (χ4n) is 3.86. The van der Waals surface area contributed by atoms with Gasteiger partial charge in [0, 0.05) is 24.3 Å². The first-order valence-corrected chi connectivity index (χ1v) is 10.9. The second kappa shape index (κ2) is 9.22. The lowest BCUT2D eigenvalue weighted by molar-refractivity contribution is -0.155. The molecule has 0 saturated heterocycles. The molecule has 0 atom stereocenters. The molecule has 1 amide bonds. The Morgan fingerprint density at radius 1 is 1.13 bits per heavy atom. The number of fused-ring (bicyclic) bond motifs is 1. The molecule has 0 spiro atoms. The largest absolute Gasteiger partial charge is 0.459 e. The van der Waals surface area contributed by atoms with Crippen molar-refractivity contribution in [3.05, 3.63) is 46.8 Å². The number of likely N-dealkylation sites (N-methyl/N-ethyl adjacent to an activating group) is 1. The Bertz CT molecular complexity index is 956. The lowest BCUT2D eigenvalue weighted by Crippen LogP contribution is -2.42. The van der Waals surface area contributed by atoms with Crippen molar-refractivity contribution in [2.75, 3.05) is 33.7 Å². The first-order valence-electron chi connectivity index (χ1n) is 10.9. The molecule has 1 heterocycles. The summed E-state index contributed by atoms with van der Waals surface area (Å²) >= 11 is 0. The molecule has 0 fully saturated rings. The van der Waals surface area contributed by atoms with Gasteiger partial charge in [-0.1, -0.05) is 18.2 Å². The molecule has 0 unspecified atom stereocenters. The maximum Gasteiger partial charge on any atom is 0.326 e. The molecule has 1 aromatic carbocycles. The zero-order chi connectivity index (χ0) is 22.8. The number of ether oxygens (including phenoxy) is 1. The Labute approximate surface area is 185 Å². The molecule has 3 rings (SSSR count). The molecule has 7 nitrogen and oxygen atoms in total. The number of esters is 1. The number of amides is 1. The van der Waals surface area contributed by atoms with Crippen LogP contribution in [0.3, 0.4) is 0 Å². The molecule has 168 valence electrons. The number of carbonyl (C=O) groups excluding carboxylic acids is 2. The summed E-state index contributed by atoms with van der Waals surface area (Å²) in [5.41, 5.74) is 4.07. The van der Waals surface area contributed by atoms with Crippen LogP contribution in [0.15, 0.2) is 24.3 Å². The van der Waals surface area contributed by atoms with E-state index in [9.17, 15) is 9.59 Å². The molecule has 7 heteroatoms. The molecule has 0 N–H and O–H groups in total. The van der Waals surface area contributed by atoms with Gasteiger partial charge in [0.05, 0.1) is 5.69 Å². The topological polar surface area (TPSA) is 67.7 Å². The predicted octanol–water partition coefficient (Wildman–Crippen LogP) is 3.01. The van der Waals surface area contributed by atoms with E-state index < -0.39 is 11.6 Å². The van der Waals surface area contributed by atoms with Gasteiger partial charge in [-0.25, -0.2) is 4.68 Å². The number of rotatable bonds is 7. The van der Waals surface area contributed by atoms with Crippen LogP contribution >= 0.6 is 0 Å². The summed E-state index contributed by atoms with van der Waals surface area (Å²) in [7, 11) is 3.89. The van der Waals surface area contributed by atoms with Gasteiger partial charge in [-0.15, -0.1) is 0 Å². The van der Waals surface area contributed by atoms with Crippen molar-refractivity contribution in [3.8, 4) is 5.69 Å². The number of aromatic nitrogens is 2. The van der Waals surface area contributed by atoms with E-state index in [0.29, 0.717) is 18.8 Å². The van der Waals surface area contributed by atoms with E-state index in [0.717, 1.165) is 41.8 Å². The van der Waals surface area contributed by atoms with Crippen LogP contribution in [0.5, 0.6) is 0 Å². The van der Waals surface area contributed by atoms with E-state index in [2.05, 4.69) is 0 Å². The Morgan fingerprint density at radius 3 is 2.48 bits per heavy atom. The Morgan fingerprint density at radius 2 is 1.84 bits per heavy atom. The minimum Gasteiger partial charge on any atom is -0.459 e. The smallest absolute Gasteiger partial charge is 0.326 e. The monoisotopic (exact) mass is 426 g/mol. The normalized spacial score (nSPS) is 13.4. The van der Waals surface area contributed by atoms with Gasteiger partial charge in [0.1, 0.15) is 12.1 Å². The summed E-state index contributed by atoms with van der Waals surface area (Å²) in [4.78, 5) is 29.6. The zero-order valence-electron chi connectivity index (χ0n) is 19.6. The van der Waals surface area contributed by atoms with Gasteiger partial charge in [-0.2, -0.15) is 5.10 Å². The minimum atomic E-state index is -0.596. The van der Waals surface area contributed by atoms with Crippen molar-refractivity contribution >= 4 is 11.9 Å². The highest BCUT2D eigenvalue weighted by atomic mass is 16.6. The lowest BCUT2D eigenvalue weighted by atomic mass is 10.1. The van der Waals surface area contributed by atoms with Gasteiger partial charge in [0.25, 0.3) is 5.91 Å². The predicted molar refractivity (Wildman–Crippen MR) is 121 cm³/mol. The Kier molecular flexibility index (Phi) is 6.84. The van der Waals surface area contributed by atoms with Gasteiger partial charge in [-0.3, -0.25) is 9.59 Å². The third-order valence-electron chi connectivity index (χ3n) is 5.32. The Hall–Kier alpha value is -2.67. The summed E-state index contributed by atoms with van der Waals surface area (Å²) < 4.78 is 7.39. The molecular formula is C24H34N4O3. The van der Waals surface area contributed by atoms with E-state index in [1.165, 1.54) is 0 Å². The molecule has 1 aromatic heterocycles. The second-order valence-corrected chi connectivity index (χ2v) is 9.44. The highest BCUT2D eigenvalue weighted by molar-refractivity contribution is 5.96. The third kappa shape index (κ3) is 5.53. The van der Waals surface area contributed by atoms with Gasteiger partial charge in [0.15, 0.2) is 5.69 Å². The highest BCUT2D eigenvalue weighted by Gasteiger charge is 2.31. The molecule has 1 aliphatic carbocycles. The average molecular weight is 427 g/mol. The number of carbonyl (C=O) groups is 2. The molecule has 0 radical (unpaired) electrons. The van der Waals surface area contributed by atoms with Crippen molar-refractivity contribution in [1.29, 1.82) is 0 Å². The van der Waals surface area contributed by atoms with E-state index >= 15 is 0 Å². The quantitative estimate of drug-likeness (QED) is 0.637. The highest BCUT2D eigenvalue weighted by Crippen LogP contribution is 2.29. The SMILES string of the molecule is Cc1ccccc1-n1nc(C(=O)N(CCN(C)C)CC(=O)OC(C)(C)C)c2c1CCC2. The summed E-state index contributed by atoms with van der Waals surface area (Å²) in [6.45, 7) is 8.52. The fraction of sp³-hybridized carbons (Fsp3) is 0.542. The number of para-hydroxylation sites is 1. The lowest BCUT2D eigenvalue weighted by Gasteiger charge is -2.26. The maximum atomic E-state index is 13.6. The van der Waals surface area contributed by atoms with Gasteiger partial charge >= 0.3 is 5.97 Å². The van der Waals surface area contributed by atoms with Crippen LogP contribution in [0, 0.1) is 6.92 Å². The standard InChI is InChI=1S/C24H34N4O3/c1-17-10-7-8-12-19(17)28-20-13-9-11-18(20)22(25-28)23(30)27(15-14-26(5)6)16-21(29)31-24(2,3)4/h7-8,10,12H,9,11,13-16H2,1-6H3. The first kappa shape index (κ1) is 23.0. The van der Waals surface area contributed by atoms with Crippen LogP contribution in [0.4, 0.5) is 0 Å². The molecule has 2 aromatic rings. The number of nitrogens with zero attached hydrogens (tertiary/aromatic N) is 4. The molecule has 1 aliphatic rings. The molecule has 0 saturated carbocycles. The summed E-state index contributed by atoms with van der Waals surface area (Å²) in [6.07, 6.45) is 2.73. The van der Waals surface area contributed by atoms with Crippen LogP contribution in [0.1, 0.15) is 54.5 Å². The van der Waals surface area contributed by atoms with Crippen molar-refractivity contribution < 1.29 is 14.3 Å². The number of benzene rings is 1. The van der Waals surface area contributed by atoms with Gasteiger partial charge in [0.2, 0.25) is 0 Å². The van der Waals surface area contributed by atoms with E-state index in [-0.39, 0.29) is 12.5 Å². The fourth-order valence-corrected chi connectivity index (χ4v) is 3.86. The van der Waals surface area contributed by atoms with Crippen LogP contribution in [-0.2, 0) is 22.4 Å². The van der Waals surface area contributed by atoms with Crippen LogP contribution in [0.2, 0.25) is 0 Å². The molecule has 0 bridgehead atoms. The molecular weight excluding hydrogens is 392 g/mol. The summed E-state index contributed by atoms with van der Waals surface area (Å²) in [5, 5.41) is 4.75. The molecule has 0 aliphatic heterocycles. The third-order valence-corrected chi connectivity index (χ3v) is 5.32. The van der Waals surface area contributed by atoms with Crippen molar-refractivity contribution in [2.24, 2.45) is 0 Å². The van der Waals surface area contributed by atoms with Crippen molar-refractivity contribution in [3.63, 3.8) is 0 Å². The molecule has 31 heavy (non-hydrogen) atoms. The van der Waals surface area contributed by atoms with Gasteiger partial charge in [-0.05, 0) is 72.7 Å². The first-order chi connectivity index (χ1) is 14.6. The number of hydrogen-bond acceptors (Lipinski definition) is 5. The van der Waals surface area contributed by atoms with Crippen molar-refractivity contribution in [2.45, 2.75) is 52.6 Å². The summed E-state index contributed by atoms with van der Waals surface area (Å²) in [5.74, 6) is -0.618. The van der Waals surface area contributed by atoms with E-state index in [4.69, 9.17) is 9.84 Å². The number of aryl methyl sites for hydroxylation is 1. The summed E-state index contributed by atoms with van der Waals surface area (Å²) in [6, 6.07) is 8.06. The number of hydrogen-bond donors (Lipinski definition) is 0. The minimum absolute atomic E-state index is 0.0874.